The second-order valence-electron chi connectivity index (χ2n) is 4.32. The summed E-state index contributed by atoms with van der Waals surface area (Å²) in [5, 5.41) is 11.0. The van der Waals surface area contributed by atoms with Crippen LogP contribution < -0.4 is 11.3 Å². The second-order valence-corrected chi connectivity index (χ2v) is 4.32. The smallest absolute Gasteiger partial charge is 0.285 e. The summed E-state index contributed by atoms with van der Waals surface area (Å²) in [5.41, 5.74) is 1.04. The standard InChI is InChI=1S/C12H17FN4O4/c1-16(4-3-5-21-2)12(18)8-6-10(15-14)9(13)7-11(8)17(19)20/h6-7,15H,3-5,14H2,1-2H3. The van der Waals surface area contributed by atoms with Crippen molar-refractivity contribution in [2.24, 2.45) is 5.84 Å². The molecule has 0 radical (unpaired) electrons. The van der Waals surface area contributed by atoms with Crippen LogP contribution in [0.2, 0.25) is 0 Å². The van der Waals surface area contributed by atoms with Gasteiger partial charge in [0.1, 0.15) is 5.56 Å². The average molecular weight is 300 g/mol. The molecule has 0 aliphatic heterocycles. The summed E-state index contributed by atoms with van der Waals surface area (Å²) in [6, 6.07) is 1.70. The third-order valence-electron chi connectivity index (χ3n) is 2.86. The van der Waals surface area contributed by atoms with E-state index in [1.165, 1.54) is 19.1 Å². The number of hydrogen-bond donors (Lipinski definition) is 2. The lowest BCUT2D eigenvalue weighted by atomic mass is 10.1. The number of nitro groups is 1. The molecule has 21 heavy (non-hydrogen) atoms. The molecule has 0 aromatic heterocycles. The Morgan fingerprint density at radius 3 is 2.76 bits per heavy atom. The Kier molecular flexibility index (Phi) is 6.00. The first-order valence-corrected chi connectivity index (χ1v) is 6.11. The van der Waals surface area contributed by atoms with Crippen molar-refractivity contribution in [2.45, 2.75) is 6.42 Å². The Bertz CT molecular complexity index is 538. The zero-order valence-corrected chi connectivity index (χ0v) is 11.8. The average Bonchev–Trinajstić information content (AvgIpc) is 2.46. The van der Waals surface area contributed by atoms with Gasteiger partial charge in [0, 0.05) is 27.3 Å². The monoisotopic (exact) mass is 300 g/mol. The number of methoxy groups -OCH3 is 1. The van der Waals surface area contributed by atoms with Gasteiger partial charge in [0.2, 0.25) is 0 Å². The van der Waals surface area contributed by atoms with E-state index < -0.39 is 22.3 Å². The van der Waals surface area contributed by atoms with Gasteiger partial charge >= 0.3 is 0 Å². The molecule has 1 amide bonds. The minimum absolute atomic E-state index is 0.186. The van der Waals surface area contributed by atoms with Crippen molar-refractivity contribution < 1.29 is 18.8 Å². The van der Waals surface area contributed by atoms with Gasteiger partial charge in [-0.2, -0.15) is 0 Å². The molecule has 0 fully saturated rings. The van der Waals surface area contributed by atoms with Crippen molar-refractivity contribution in [3.63, 3.8) is 0 Å². The molecule has 0 aliphatic carbocycles. The topological polar surface area (TPSA) is 111 Å². The molecule has 1 aromatic carbocycles. The Morgan fingerprint density at radius 2 is 2.24 bits per heavy atom. The van der Waals surface area contributed by atoms with E-state index in [1.54, 1.807) is 0 Å². The molecule has 9 heteroatoms. The fourth-order valence-corrected chi connectivity index (χ4v) is 1.75. The van der Waals surface area contributed by atoms with Crippen LogP contribution >= 0.6 is 0 Å². The molecule has 0 unspecified atom stereocenters. The van der Waals surface area contributed by atoms with Crippen molar-refractivity contribution in [3.8, 4) is 0 Å². The number of anilines is 1. The van der Waals surface area contributed by atoms with Crippen LogP contribution in [0.4, 0.5) is 15.8 Å². The predicted octanol–water partition coefficient (Wildman–Crippen LogP) is 1.13. The number of nitrogens with zero attached hydrogens (tertiary/aromatic N) is 2. The summed E-state index contributed by atoms with van der Waals surface area (Å²) in [7, 11) is 3.03. The highest BCUT2D eigenvalue weighted by atomic mass is 19.1. The number of ether oxygens (including phenoxy) is 1. The van der Waals surface area contributed by atoms with E-state index in [2.05, 4.69) is 5.43 Å². The third-order valence-corrected chi connectivity index (χ3v) is 2.86. The minimum Gasteiger partial charge on any atom is -0.385 e. The van der Waals surface area contributed by atoms with E-state index in [1.807, 2.05) is 0 Å². The van der Waals surface area contributed by atoms with Gasteiger partial charge in [0.25, 0.3) is 11.6 Å². The van der Waals surface area contributed by atoms with Crippen molar-refractivity contribution in [1.29, 1.82) is 0 Å². The zero-order valence-electron chi connectivity index (χ0n) is 11.8. The molecule has 8 nitrogen and oxygen atoms in total. The molecule has 0 saturated carbocycles. The number of nitrogen functional groups attached to an aromatic ring is 1. The second kappa shape index (κ2) is 7.50. The highest BCUT2D eigenvalue weighted by Gasteiger charge is 2.25. The number of carbonyl (C=O) groups excluding carboxylic acids is 1. The summed E-state index contributed by atoms with van der Waals surface area (Å²) < 4.78 is 18.4. The van der Waals surface area contributed by atoms with E-state index in [0.717, 1.165) is 6.07 Å². The number of halogens is 1. The number of benzene rings is 1. The fourth-order valence-electron chi connectivity index (χ4n) is 1.75. The summed E-state index contributed by atoms with van der Waals surface area (Å²) in [5.74, 6) is 3.63. The van der Waals surface area contributed by atoms with Crippen molar-refractivity contribution >= 4 is 17.3 Å². The van der Waals surface area contributed by atoms with Gasteiger partial charge in [-0.1, -0.05) is 0 Å². The molecule has 1 aromatic rings. The summed E-state index contributed by atoms with van der Waals surface area (Å²) in [6.07, 6.45) is 0.579. The van der Waals surface area contributed by atoms with Crippen LogP contribution in [0.3, 0.4) is 0 Å². The number of rotatable bonds is 7. The van der Waals surface area contributed by atoms with Gasteiger partial charge in [-0.05, 0) is 12.5 Å². The number of nitrogens with one attached hydrogen (secondary N) is 1. The van der Waals surface area contributed by atoms with Crippen molar-refractivity contribution in [3.05, 3.63) is 33.6 Å². The number of amides is 1. The first-order chi connectivity index (χ1) is 9.92. The highest BCUT2D eigenvalue weighted by molar-refractivity contribution is 5.99. The lowest BCUT2D eigenvalue weighted by Crippen LogP contribution is -2.29. The van der Waals surface area contributed by atoms with Gasteiger partial charge < -0.3 is 15.1 Å². The maximum Gasteiger partial charge on any atom is 0.285 e. The Hall–Kier alpha value is -2.26. The van der Waals surface area contributed by atoms with Crippen LogP contribution in [0.15, 0.2) is 12.1 Å². The van der Waals surface area contributed by atoms with Gasteiger partial charge in [0.15, 0.2) is 5.82 Å². The van der Waals surface area contributed by atoms with E-state index in [4.69, 9.17) is 10.6 Å². The van der Waals surface area contributed by atoms with Gasteiger partial charge in [-0.25, -0.2) is 4.39 Å². The van der Waals surface area contributed by atoms with E-state index in [0.29, 0.717) is 25.6 Å². The molecule has 1 rings (SSSR count). The normalized spacial score (nSPS) is 10.3. The third kappa shape index (κ3) is 4.10. The number of hydrazine groups is 1. The molecule has 0 spiro atoms. The zero-order chi connectivity index (χ0) is 16.0. The van der Waals surface area contributed by atoms with Crippen LogP contribution in [-0.2, 0) is 4.74 Å². The molecular weight excluding hydrogens is 283 g/mol. The number of nitro benzene ring substituents is 1. The Labute approximate surface area is 120 Å². The van der Waals surface area contributed by atoms with E-state index >= 15 is 0 Å². The molecule has 116 valence electrons. The van der Waals surface area contributed by atoms with Crippen molar-refractivity contribution in [2.75, 3.05) is 32.7 Å². The Balaban J connectivity index is 3.09. The molecule has 0 heterocycles. The van der Waals surface area contributed by atoms with Gasteiger partial charge in [-0.3, -0.25) is 20.8 Å². The molecule has 0 atom stereocenters. The Morgan fingerprint density at radius 1 is 1.57 bits per heavy atom. The summed E-state index contributed by atoms with van der Waals surface area (Å²) >= 11 is 0. The predicted molar refractivity (Wildman–Crippen MR) is 74.3 cm³/mol. The quantitative estimate of drug-likeness (QED) is 0.338. The summed E-state index contributed by atoms with van der Waals surface area (Å²) in [6.45, 7) is 0.811. The first-order valence-electron chi connectivity index (χ1n) is 6.11. The summed E-state index contributed by atoms with van der Waals surface area (Å²) in [4.78, 5) is 23.7. The maximum absolute atomic E-state index is 13.5. The number of nitrogens with two attached hydrogens (primary N) is 1. The van der Waals surface area contributed by atoms with Crippen molar-refractivity contribution in [1.82, 2.24) is 4.90 Å². The molecule has 0 aliphatic rings. The van der Waals surface area contributed by atoms with Crippen LogP contribution in [0.25, 0.3) is 0 Å². The highest BCUT2D eigenvalue weighted by Crippen LogP contribution is 2.26. The first kappa shape index (κ1) is 16.8. The minimum atomic E-state index is -0.900. The van der Waals surface area contributed by atoms with E-state index in [9.17, 15) is 19.3 Å². The number of carbonyl (C=O) groups is 1. The largest absolute Gasteiger partial charge is 0.385 e. The molecular formula is C12H17FN4O4. The van der Waals surface area contributed by atoms with Crippen LogP contribution in [0, 0.1) is 15.9 Å². The SMILES string of the molecule is COCCCN(C)C(=O)c1cc(NN)c(F)cc1[N+](=O)[O-]. The maximum atomic E-state index is 13.5. The van der Waals surface area contributed by atoms with Gasteiger partial charge in [-0.15, -0.1) is 0 Å². The molecule has 0 bridgehead atoms. The lowest BCUT2D eigenvalue weighted by molar-refractivity contribution is -0.385. The lowest BCUT2D eigenvalue weighted by Gasteiger charge is -2.17. The van der Waals surface area contributed by atoms with Crippen LogP contribution in [-0.4, -0.2) is 43.0 Å². The van der Waals surface area contributed by atoms with Crippen LogP contribution in [0.1, 0.15) is 16.8 Å². The molecule has 3 N–H and O–H groups in total. The number of hydrogen-bond acceptors (Lipinski definition) is 6. The van der Waals surface area contributed by atoms with E-state index in [-0.39, 0.29) is 11.3 Å². The molecule has 0 saturated heterocycles. The fraction of sp³-hybridized carbons (Fsp3) is 0.417. The van der Waals surface area contributed by atoms with Gasteiger partial charge in [0.05, 0.1) is 16.7 Å². The van der Waals surface area contributed by atoms with Crippen LogP contribution in [0.5, 0.6) is 0 Å².